The Morgan fingerprint density at radius 3 is 1.75 bits per heavy atom. The van der Waals surface area contributed by atoms with Crippen LogP contribution in [0.2, 0.25) is 0 Å². The summed E-state index contributed by atoms with van der Waals surface area (Å²) in [5.74, 6) is 0.305. The summed E-state index contributed by atoms with van der Waals surface area (Å²) in [6.45, 7) is 13.9. The van der Waals surface area contributed by atoms with E-state index in [4.69, 9.17) is 5.41 Å². The lowest BCUT2D eigenvalue weighted by Gasteiger charge is -2.11. The monoisotopic (exact) mass is 165 g/mol. The van der Waals surface area contributed by atoms with E-state index in [1.807, 2.05) is 34.6 Å². The fourth-order valence-electron chi connectivity index (χ4n) is 0.955. The molecule has 0 atom stereocenters. The molecule has 0 unspecified atom stereocenters. The van der Waals surface area contributed by atoms with E-state index in [0.717, 1.165) is 22.4 Å². The van der Waals surface area contributed by atoms with Gasteiger partial charge in [-0.05, 0) is 37.8 Å². The van der Waals surface area contributed by atoms with Crippen molar-refractivity contribution >= 4 is 5.71 Å². The summed E-state index contributed by atoms with van der Waals surface area (Å²) >= 11 is 0. The van der Waals surface area contributed by atoms with Crippen molar-refractivity contribution < 1.29 is 0 Å². The summed E-state index contributed by atoms with van der Waals surface area (Å²) in [6.07, 6.45) is 0. The van der Waals surface area contributed by atoms with E-state index in [0.29, 0.717) is 5.92 Å². The molecule has 12 heavy (non-hydrogen) atoms. The first-order valence-electron chi connectivity index (χ1n) is 4.30. The minimum absolute atomic E-state index is 0.305. The molecule has 0 radical (unpaired) electrons. The second kappa shape index (κ2) is 4.24. The van der Waals surface area contributed by atoms with Crippen LogP contribution in [0.25, 0.3) is 0 Å². The number of hydrogen-bond donors (Lipinski definition) is 1. The zero-order valence-electron chi connectivity index (χ0n) is 8.78. The third-order valence-corrected chi connectivity index (χ3v) is 2.18. The van der Waals surface area contributed by atoms with Crippen molar-refractivity contribution in [3.63, 3.8) is 0 Å². The highest BCUT2D eigenvalue weighted by atomic mass is 14.4. The van der Waals surface area contributed by atoms with Crippen LogP contribution in [0, 0.1) is 11.3 Å². The fourth-order valence-corrected chi connectivity index (χ4v) is 0.955. The van der Waals surface area contributed by atoms with Gasteiger partial charge in [0, 0.05) is 5.71 Å². The smallest absolute Gasteiger partial charge is 0.0371 e. The Bertz CT molecular complexity index is 231. The maximum Gasteiger partial charge on any atom is 0.0371 e. The Labute approximate surface area is 75.7 Å². The van der Waals surface area contributed by atoms with Gasteiger partial charge >= 0.3 is 0 Å². The molecule has 0 saturated heterocycles. The maximum atomic E-state index is 7.77. The molecule has 0 spiro atoms. The van der Waals surface area contributed by atoms with Gasteiger partial charge in [-0.1, -0.05) is 26.0 Å². The van der Waals surface area contributed by atoms with Crippen molar-refractivity contribution in [1.82, 2.24) is 0 Å². The number of hydrogen-bond acceptors (Lipinski definition) is 1. The highest BCUT2D eigenvalue weighted by Gasteiger charge is 2.07. The Kier molecular flexibility index (Phi) is 3.94. The van der Waals surface area contributed by atoms with Crippen LogP contribution in [0.15, 0.2) is 23.3 Å². The second-order valence-corrected chi connectivity index (χ2v) is 3.60. The number of nitrogens with one attached hydrogen (secondary N) is 1. The van der Waals surface area contributed by atoms with Crippen molar-refractivity contribution in [3.8, 4) is 0 Å². The van der Waals surface area contributed by atoms with Gasteiger partial charge in [-0.15, -0.1) is 0 Å². The maximum absolute atomic E-state index is 7.77. The van der Waals surface area contributed by atoms with Crippen LogP contribution < -0.4 is 0 Å². The van der Waals surface area contributed by atoms with Gasteiger partial charge in [0.2, 0.25) is 0 Å². The van der Waals surface area contributed by atoms with E-state index in [-0.39, 0.29) is 0 Å². The number of allylic oxidation sites excluding steroid dienone is 3. The van der Waals surface area contributed by atoms with E-state index < -0.39 is 0 Å². The van der Waals surface area contributed by atoms with Crippen LogP contribution in [0.5, 0.6) is 0 Å². The van der Waals surface area contributed by atoms with Crippen LogP contribution in [0.4, 0.5) is 0 Å². The van der Waals surface area contributed by atoms with Crippen LogP contribution in [0.1, 0.15) is 34.6 Å². The quantitative estimate of drug-likeness (QED) is 0.488. The van der Waals surface area contributed by atoms with Crippen molar-refractivity contribution in [3.05, 3.63) is 23.3 Å². The van der Waals surface area contributed by atoms with Crippen LogP contribution in [0.3, 0.4) is 0 Å². The van der Waals surface area contributed by atoms with E-state index in [9.17, 15) is 0 Å². The molecule has 68 valence electrons. The van der Waals surface area contributed by atoms with Gasteiger partial charge in [0.1, 0.15) is 0 Å². The van der Waals surface area contributed by atoms with Crippen molar-refractivity contribution in [2.75, 3.05) is 0 Å². The molecular formula is C11H19N. The lowest BCUT2D eigenvalue weighted by molar-refractivity contribution is 0.872. The molecule has 0 aromatic heterocycles. The lowest BCUT2D eigenvalue weighted by atomic mass is 9.95. The SMILES string of the molecule is C=C(C)/C(C)=C(/C)C(=N)C(C)C. The van der Waals surface area contributed by atoms with E-state index in [2.05, 4.69) is 6.58 Å². The molecule has 0 aliphatic rings. The van der Waals surface area contributed by atoms with Gasteiger partial charge in [-0.3, -0.25) is 0 Å². The van der Waals surface area contributed by atoms with Crippen molar-refractivity contribution in [2.24, 2.45) is 5.92 Å². The van der Waals surface area contributed by atoms with E-state index in [1.54, 1.807) is 0 Å². The predicted octanol–water partition coefficient (Wildman–Crippen LogP) is 3.57. The highest BCUT2D eigenvalue weighted by Crippen LogP contribution is 2.15. The van der Waals surface area contributed by atoms with Crippen LogP contribution >= 0.6 is 0 Å². The summed E-state index contributed by atoms with van der Waals surface area (Å²) in [4.78, 5) is 0. The van der Waals surface area contributed by atoms with Crippen LogP contribution in [-0.4, -0.2) is 5.71 Å². The van der Waals surface area contributed by atoms with Crippen molar-refractivity contribution in [1.29, 1.82) is 5.41 Å². The fraction of sp³-hybridized carbons (Fsp3) is 0.545. The predicted molar refractivity (Wildman–Crippen MR) is 55.8 cm³/mol. The minimum atomic E-state index is 0.305. The normalized spacial score (nSPS) is 12.8. The molecule has 0 aliphatic carbocycles. The zero-order chi connectivity index (χ0) is 9.89. The van der Waals surface area contributed by atoms with Gasteiger partial charge < -0.3 is 5.41 Å². The molecule has 1 N–H and O–H groups in total. The molecule has 0 fully saturated rings. The molecule has 1 heteroatoms. The third kappa shape index (κ3) is 2.65. The van der Waals surface area contributed by atoms with Crippen molar-refractivity contribution in [2.45, 2.75) is 34.6 Å². The van der Waals surface area contributed by atoms with Gasteiger partial charge in [0.25, 0.3) is 0 Å². The first-order chi connectivity index (χ1) is 5.37. The molecule has 0 aliphatic heterocycles. The number of rotatable bonds is 3. The first-order valence-corrected chi connectivity index (χ1v) is 4.30. The van der Waals surface area contributed by atoms with Gasteiger partial charge in [0.15, 0.2) is 0 Å². The Hall–Kier alpha value is -0.850. The molecule has 0 bridgehead atoms. The average Bonchev–Trinajstić information content (AvgIpc) is 2.00. The second-order valence-electron chi connectivity index (χ2n) is 3.60. The third-order valence-electron chi connectivity index (χ3n) is 2.18. The largest absolute Gasteiger partial charge is 0.305 e. The molecule has 0 saturated carbocycles. The molecule has 0 rings (SSSR count). The summed E-state index contributed by atoms with van der Waals surface area (Å²) in [6, 6.07) is 0. The molecule has 0 aromatic carbocycles. The lowest BCUT2D eigenvalue weighted by Crippen LogP contribution is -2.08. The molecule has 0 aromatic rings. The van der Waals surface area contributed by atoms with Gasteiger partial charge in [0.05, 0.1) is 0 Å². The Balaban J connectivity index is 4.79. The average molecular weight is 165 g/mol. The Morgan fingerprint density at radius 2 is 1.50 bits per heavy atom. The molecular weight excluding hydrogens is 146 g/mol. The summed E-state index contributed by atoms with van der Waals surface area (Å²) in [5.41, 5.74) is 3.99. The zero-order valence-corrected chi connectivity index (χ0v) is 8.78. The molecule has 0 amide bonds. The summed E-state index contributed by atoms with van der Waals surface area (Å²) < 4.78 is 0. The standard InChI is InChI=1S/C11H19N/c1-7(2)9(5)10(6)11(12)8(3)4/h8,12H,1H2,2-6H3/b10-9-,12-11?. The summed E-state index contributed by atoms with van der Waals surface area (Å²) in [5, 5.41) is 7.77. The molecule has 1 nitrogen and oxygen atoms in total. The molecule has 0 heterocycles. The topological polar surface area (TPSA) is 23.9 Å². The van der Waals surface area contributed by atoms with Gasteiger partial charge in [-0.2, -0.15) is 0 Å². The highest BCUT2D eigenvalue weighted by molar-refractivity contribution is 5.99. The first kappa shape index (κ1) is 11.2. The van der Waals surface area contributed by atoms with Crippen LogP contribution in [-0.2, 0) is 0 Å². The minimum Gasteiger partial charge on any atom is -0.305 e. The van der Waals surface area contributed by atoms with Gasteiger partial charge in [-0.25, -0.2) is 0 Å². The van der Waals surface area contributed by atoms with E-state index >= 15 is 0 Å². The summed E-state index contributed by atoms with van der Waals surface area (Å²) in [7, 11) is 0. The van der Waals surface area contributed by atoms with E-state index in [1.165, 1.54) is 0 Å². The Morgan fingerprint density at radius 1 is 1.08 bits per heavy atom.